The van der Waals surface area contributed by atoms with Crippen molar-refractivity contribution in [2.24, 2.45) is 0 Å². The molecule has 0 aliphatic carbocycles. The van der Waals surface area contributed by atoms with Crippen LogP contribution in [-0.4, -0.2) is 4.92 Å². The van der Waals surface area contributed by atoms with Gasteiger partial charge in [0, 0.05) is 28.6 Å². The number of nitrogens with zero attached hydrogens (tertiary/aromatic N) is 1. The van der Waals surface area contributed by atoms with E-state index in [1.807, 2.05) is 0 Å². The molecule has 0 atom stereocenters. The molecule has 0 bridgehead atoms. The van der Waals surface area contributed by atoms with Crippen LogP contribution in [0.3, 0.4) is 0 Å². The van der Waals surface area contributed by atoms with Crippen LogP contribution in [0.4, 0.5) is 15.8 Å². The Morgan fingerprint density at radius 2 is 2.22 bits per heavy atom. The summed E-state index contributed by atoms with van der Waals surface area (Å²) < 4.78 is 13.1. The number of anilines is 1. The summed E-state index contributed by atoms with van der Waals surface area (Å²) in [6, 6.07) is 5.50. The van der Waals surface area contributed by atoms with Crippen LogP contribution < -0.4 is 5.32 Å². The van der Waals surface area contributed by atoms with Crippen molar-refractivity contribution in [3.8, 4) is 0 Å². The monoisotopic (exact) mass is 286 g/mol. The number of hydrogen-bond donors (Lipinski definition) is 1. The first kappa shape index (κ1) is 12.8. The van der Waals surface area contributed by atoms with Crippen LogP contribution in [0.1, 0.15) is 4.88 Å². The minimum atomic E-state index is -0.843. The summed E-state index contributed by atoms with van der Waals surface area (Å²) in [5.74, 6) is -0.843. The number of halogens is 2. The molecule has 0 spiro atoms. The minimum absolute atomic E-state index is 0.486. The summed E-state index contributed by atoms with van der Waals surface area (Å²) in [5.41, 5.74) is -0.0446. The normalized spacial score (nSPS) is 10.3. The van der Waals surface area contributed by atoms with E-state index in [2.05, 4.69) is 5.32 Å². The molecule has 0 saturated carbocycles. The first-order valence-corrected chi connectivity index (χ1v) is 6.23. The van der Waals surface area contributed by atoms with Gasteiger partial charge in [-0.3, -0.25) is 10.1 Å². The molecule has 18 heavy (non-hydrogen) atoms. The molecule has 1 aromatic carbocycles. The highest BCUT2D eigenvalue weighted by molar-refractivity contribution is 7.10. The molecule has 94 valence electrons. The Kier molecular flexibility index (Phi) is 3.78. The summed E-state index contributed by atoms with van der Waals surface area (Å²) in [6.45, 7) is 0.486. The smallest absolute Gasteiger partial charge is 0.306 e. The van der Waals surface area contributed by atoms with E-state index in [4.69, 9.17) is 11.6 Å². The van der Waals surface area contributed by atoms with Crippen LogP contribution in [0.5, 0.6) is 0 Å². The molecule has 1 heterocycles. The molecule has 2 aromatic rings. The van der Waals surface area contributed by atoms with Gasteiger partial charge in [-0.1, -0.05) is 11.6 Å². The quantitative estimate of drug-likeness (QED) is 0.681. The third-order valence-corrected chi connectivity index (χ3v) is 3.52. The van der Waals surface area contributed by atoms with Crippen molar-refractivity contribution in [2.45, 2.75) is 6.54 Å². The van der Waals surface area contributed by atoms with Gasteiger partial charge in [0.1, 0.15) is 0 Å². The van der Waals surface area contributed by atoms with Gasteiger partial charge in [-0.2, -0.15) is 4.39 Å². The molecule has 0 amide bonds. The number of thiophene rings is 1. The zero-order valence-corrected chi connectivity index (χ0v) is 10.6. The molecule has 1 N–H and O–H groups in total. The van der Waals surface area contributed by atoms with Gasteiger partial charge >= 0.3 is 5.69 Å². The second-order valence-corrected chi connectivity index (χ2v) is 4.94. The molecule has 2 rings (SSSR count). The van der Waals surface area contributed by atoms with Gasteiger partial charge in [0.05, 0.1) is 9.95 Å². The average Bonchev–Trinajstić information content (AvgIpc) is 2.74. The van der Waals surface area contributed by atoms with Gasteiger partial charge in [-0.15, -0.1) is 11.3 Å². The van der Waals surface area contributed by atoms with Crippen LogP contribution in [0.2, 0.25) is 5.02 Å². The van der Waals surface area contributed by atoms with E-state index in [0.717, 1.165) is 10.9 Å². The lowest BCUT2D eigenvalue weighted by molar-refractivity contribution is -0.387. The third kappa shape index (κ3) is 2.96. The predicted molar refractivity (Wildman–Crippen MR) is 69.7 cm³/mol. The van der Waals surface area contributed by atoms with Gasteiger partial charge in [-0.25, -0.2) is 0 Å². The van der Waals surface area contributed by atoms with Crippen LogP contribution in [0.15, 0.2) is 29.6 Å². The van der Waals surface area contributed by atoms with E-state index < -0.39 is 16.4 Å². The topological polar surface area (TPSA) is 55.2 Å². The van der Waals surface area contributed by atoms with Gasteiger partial charge in [0.25, 0.3) is 0 Å². The Bertz CT molecular complexity index is 588. The minimum Gasteiger partial charge on any atom is -0.380 e. The first-order valence-electron chi connectivity index (χ1n) is 4.97. The van der Waals surface area contributed by atoms with Crippen molar-refractivity contribution < 1.29 is 9.31 Å². The molecular formula is C11H8ClFN2O2S. The Morgan fingerprint density at radius 1 is 1.44 bits per heavy atom. The molecule has 0 saturated heterocycles. The number of benzene rings is 1. The second-order valence-electron chi connectivity index (χ2n) is 3.51. The molecule has 0 aliphatic heterocycles. The van der Waals surface area contributed by atoms with Crippen molar-refractivity contribution in [3.63, 3.8) is 0 Å². The largest absolute Gasteiger partial charge is 0.380 e. The summed E-state index contributed by atoms with van der Waals surface area (Å²) in [6.07, 6.45) is 0. The lowest BCUT2D eigenvalue weighted by Crippen LogP contribution is -1.99. The van der Waals surface area contributed by atoms with Gasteiger partial charge in [0.2, 0.25) is 5.82 Å². The fourth-order valence-corrected chi connectivity index (χ4v) is 2.41. The maximum absolute atomic E-state index is 13.1. The number of nitro groups is 1. The highest BCUT2D eigenvalue weighted by Gasteiger charge is 2.14. The van der Waals surface area contributed by atoms with Crippen molar-refractivity contribution in [3.05, 3.63) is 55.5 Å². The average molecular weight is 287 g/mol. The molecule has 0 aliphatic rings. The van der Waals surface area contributed by atoms with Crippen LogP contribution in [0.25, 0.3) is 0 Å². The van der Waals surface area contributed by atoms with Crippen LogP contribution >= 0.6 is 22.9 Å². The number of hydrogen-bond acceptors (Lipinski definition) is 4. The number of rotatable bonds is 4. The first-order chi connectivity index (χ1) is 8.56. The summed E-state index contributed by atoms with van der Waals surface area (Å²) in [4.78, 5) is 10.8. The summed E-state index contributed by atoms with van der Waals surface area (Å²) in [7, 11) is 0. The Labute approximate surface area is 111 Å². The highest BCUT2D eigenvalue weighted by atomic mass is 35.5. The molecule has 0 radical (unpaired) electrons. The van der Waals surface area contributed by atoms with Gasteiger partial charge in [-0.05, 0) is 18.2 Å². The fourth-order valence-electron chi connectivity index (χ4n) is 1.40. The maximum atomic E-state index is 13.1. The van der Waals surface area contributed by atoms with Crippen molar-refractivity contribution in [2.75, 3.05) is 5.32 Å². The third-order valence-electron chi connectivity index (χ3n) is 2.23. The van der Waals surface area contributed by atoms with Gasteiger partial charge in [0.15, 0.2) is 0 Å². The Balaban J connectivity index is 2.10. The van der Waals surface area contributed by atoms with E-state index in [9.17, 15) is 14.5 Å². The van der Waals surface area contributed by atoms with E-state index in [1.165, 1.54) is 23.5 Å². The molecule has 4 nitrogen and oxygen atoms in total. The second kappa shape index (κ2) is 5.32. The van der Waals surface area contributed by atoms with E-state index >= 15 is 0 Å². The van der Waals surface area contributed by atoms with Crippen LogP contribution in [0, 0.1) is 15.9 Å². The predicted octanol–water partition coefficient (Wildman–Crippen LogP) is 4.06. The maximum Gasteiger partial charge on any atom is 0.306 e. The van der Waals surface area contributed by atoms with Gasteiger partial charge < -0.3 is 5.32 Å². The lowest BCUT2D eigenvalue weighted by Gasteiger charge is -2.04. The molecule has 0 unspecified atom stereocenters. The van der Waals surface area contributed by atoms with Crippen molar-refractivity contribution in [1.82, 2.24) is 0 Å². The lowest BCUT2D eigenvalue weighted by atomic mass is 10.2. The molecule has 0 fully saturated rings. The Hall–Kier alpha value is -1.66. The van der Waals surface area contributed by atoms with Crippen LogP contribution in [-0.2, 0) is 6.54 Å². The zero-order valence-electron chi connectivity index (χ0n) is 9.02. The van der Waals surface area contributed by atoms with E-state index in [1.54, 1.807) is 11.4 Å². The highest BCUT2D eigenvalue weighted by Crippen LogP contribution is 2.24. The number of nitrogens with one attached hydrogen (secondary N) is 1. The molecule has 1 aromatic heterocycles. The fraction of sp³-hybridized carbons (Fsp3) is 0.0909. The summed E-state index contributed by atoms with van der Waals surface area (Å²) in [5, 5.41) is 16.0. The zero-order chi connectivity index (χ0) is 13.1. The number of nitro benzene ring substituents is 1. The standard InChI is InChI=1S/C11H8ClFN2O2S/c12-7-3-9(18-6-7)5-14-8-1-2-10(13)11(4-8)15(16)17/h1-4,6,14H,5H2. The SMILES string of the molecule is O=[N+]([O-])c1cc(NCc2cc(Cl)cs2)ccc1F. The summed E-state index contributed by atoms with van der Waals surface area (Å²) >= 11 is 7.25. The Morgan fingerprint density at radius 3 is 2.83 bits per heavy atom. The van der Waals surface area contributed by atoms with E-state index in [0.29, 0.717) is 17.3 Å². The molecular weight excluding hydrogens is 279 g/mol. The van der Waals surface area contributed by atoms with Crippen molar-refractivity contribution >= 4 is 34.3 Å². The van der Waals surface area contributed by atoms with E-state index in [-0.39, 0.29) is 0 Å². The van der Waals surface area contributed by atoms with Crippen molar-refractivity contribution in [1.29, 1.82) is 0 Å². The molecule has 7 heteroatoms.